The summed E-state index contributed by atoms with van der Waals surface area (Å²) < 4.78 is 1.86. The maximum atomic E-state index is 12.3. The molecule has 0 saturated heterocycles. The van der Waals surface area contributed by atoms with E-state index in [9.17, 15) is 9.59 Å². The first-order valence-corrected chi connectivity index (χ1v) is 7.64. The number of benzene rings is 2. The predicted molar refractivity (Wildman–Crippen MR) is 96.0 cm³/mol. The number of rotatable bonds is 4. The number of urea groups is 1. The van der Waals surface area contributed by atoms with E-state index in [1.807, 2.05) is 22.9 Å². The minimum atomic E-state index is -0.297. The fourth-order valence-electron chi connectivity index (χ4n) is 2.23. The summed E-state index contributed by atoms with van der Waals surface area (Å²) in [5, 5.41) is 7.94. The van der Waals surface area contributed by atoms with Gasteiger partial charge in [-0.1, -0.05) is 0 Å². The van der Waals surface area contributed by atoms with Crippen molar-refractivity contribution >= 4 is 23.3 Å². The van der Waals surface area contributed by atoms with Gasteiger partial charge in [-0.15, -0.1) is 0 Å². The highest BCUT2D eigenvalue weighted by Crippen LogP contribution is 2.15. The normalized spacial score (nSPS) is 10.1. The molecule has 3 rings (SSSR count). The van der Waals surface area contributed by atoms with Gasteiger partial charge in [0.05, 0.1) is 6.33 Å². The van der Waals surface area contributed by atoms with Gasteiger partial charge >= 0.3 is 6.03 Å². The number of anilines is 2. The number of amides is 3. The summed E-state index contributed by atoms with van der Waals surface area (Å²) in [6.45, 7) is 0. The molecule has 0 aliphatic carbocycles. The Bertz CT molecular complexity index is 855. The van der Waals surface area contributed by atoms with Crippen LogP contribution in [0.3, 0.4) is 0 Å². The zero-order valence-corrected chi connectivity index (χ0v) is 13.6. The second-order valence-electron chi connectivity index (χ2n) is 5.25. The summed E-state index contributed by atoms with van der Waals surface area (Å²) in [4.78, 5) is 27.6. The Hall–Kier alpha value is -3.61. The van der Waals surface area contributed by atoms with Crippen LogP contribution in [0.1, 0.15) is 10.4 Å². The molecular weight excluding hydrogens is 318 g/mol. The third kappa shape index (κ3) is 4.03. The number of imidazole rings is 1. The summed E-state index contributed by atoms with van der Waals surface area (Å²) in [6, 6.07) is 13.8. The van der Waals surface area contributed by atoms with Crippen LogP contribution in [-0.4, -0.2) is 28.5 Å². The molecule has 25 heavy (non-hydrogen) atoms. The minimum Gasteiger partial charge on any atom is -0.341 e. The molecule has 0 unspecified atom stereocenters. The van der Waals surface area contributed by atoms with Gasteiger partial charge in [0.1, 0.15) is 0 Å². The highest BCUT2D eigenvalue weighted by molar-refractivity contribution is 6.04. The topological polar surface area (TPSA) is 88.0 Å². The van der Waals surface area contributed by atoms with E-state index in [0.717, 1.165) is 5.69 Å². The van der Waals surface area contributed by atoms with E-state index in [0.29, 0.717) is 16.9 Å². The summed E-state index contributed by atoms with van der Waals surface area (Å²) in [5.74, 6) is -0.204. The zero-order chi connectivity index (χ0) is 17.6. The lowest BCUT2D eigenvalue weighted by Crippen LogP contribution is -2.24. The minimum absolute atomic E-state index is 0.204. The molecular formula is C18H17N5O2. The molecule has 0 spiro atoms. The molecule has 1 aromatic heterocycles. The Balaban J connectivity index is 1.64. The standard InChI is InChI=1S/C18H17N5O2/c1-19-18(25)22-15-6-4-14(5-7-15)21-17(24)13-2-8-16(9-3-13)23-11-10-20-12-23/h2-12H,1H3,(H,21,24)(H2,19,22,25). The molecule has 3 N–H and O–H groups in total. The molecule has 7 nitrogen and oxygen atoms in total. The van der Waals surface area contributed by atoms with Crippen LogP contribution < -0.4 is 16.0 Å². The van der Waals surface area contributed by atoms with Crippen molar-refractivity contribution in [2.75, 3.05) is 17.7 Å². The first-order chi connectivity index (χ1) is 12.2. The molecule has 2 aromatic carbocycles. The summed E-state index contributed by atoms with van der Waals surface area (Å²) in [5.41, 5.74) is 2.77. The van der Waals surface area contributed by atoms with E-state index in [4.69, 9.17) is 0 Å². The quantitative estimate of drug-likeness (QED) is 0.685. The van der Waals surface area contributed by atoms with Crippen LogP contribution in [0.25, 0.3) is 5.69 Å². The molecule has 0 aliphatic rings. The van der Waals surface area contributed by atoms with Crippen LogP contribution in [0.15, 0.2) is 67.3 Å². The Kier molecular flexibility index (Phi) is 4.75. The molecule has 0 fully saturated rings. The molecule has 1 heterocycles. The number of aromatic nitrogens is 2. The van der Waals surface area contributed by atoms with Gasteiger partial charge in [-0.05, 0) is 48.5 Å². The van der Waals surface area contributed by atoms with Gasteiger partial charge in [0.2, 0.25) is 0 Å². The molecule has 3 aromatic rings. The van der Waals surface area contributed by atoms with Gasteiger partial charge in [0, 0.05) is 42.1 Å². The molecule has 0 saturated carbocycles. The van der Waals surface area contributed by atoms with E-state index >= 15 is 0 Å². The first kappa shape index (κ1) is 16.3. The van der Waals surface area contributed by atoms with E-state index in [2.05, 4.69) is 20.9 Å². The van der Waals surface area contributed by atoms with Crippen molar-refractivity contribution in [3.05, 3.63) is 72.8 Å². The van der Waals surface area contributed by atoms with Gasteiger partial charge < -0.3 is 20.5 Å². The second kappa shape index (κ2) is 7.31. The van der Waals surface area contributed by atoms with Gasteiger partial charge in [0.25, 0.3) is 5.91 Å². The number of nitrogens with one attached hydrogen (secondary N) is 3. The SMILES string of the molecule is CNC(=O)Nc1ccc(NC(=O)c2ccc(-n3ccnc3)cc2)cc1. The van der Waals surface area contributed by atoms with Crippen LogP contribution in [0.5, 0.6) is 0 Å². The van der Waals surface area contributed by atoms with E-state index in [1.54, 1.807) is 56.0 Å². The van der Waals surface area contributed by atoms with E-state index < -0.39 is 0 Å². The van der Waals surface area contributed by atoms with Gasteiger partial charge in [0.15, 0.2) is 0 Å². The fourth-order valence-corrected chi connectivity index (χ4v) is 2.23. The lowest BCUT2D eigenvalue weighted by atomic mass is 10.2. The van der Waals surface area contributed by atoms with Gasteiger partial charge in [-0.2, -0.15) is 0 Å². The number of hydrogen-bond donors (Lipinski definition) is 3. The monoisotopic (exact) mass is 335 g/mol. The van der Waals surface area contributed by atoms with Gasteiger partial charge in [-0.3, -0.25) is 4.79 Å². The van der Waals surface area contributed by atoms with Crippen LogP contribution in [-0.2, 0) is 0 Å². The van der Waals surface area contributed by atoms with Crippen LogP contribution in [0, 0.1) is 0 Å². The average molecular weight is 335 g/mol. The van der Waals surface area contributed by atoms with E-state index in [1.165, 1.54) is 0 Å². The van der Waals surface area contributed by atoms with Crippen molar-refractivity contribution in [3.8, 4) is 5.69 Å². The third-order valence-electron chi connectivity index (χ3n) is 3.56. The summed E-state index contributed by atoms with van der Waals surface area (Å²) >= 11 is 0. The van der Waals surface area contributed by atoms with Crippen molar-refractivity contribution in [1.82, 2.24) is 14.9 Å². The molecule has 126 valence electrons. The number of carbonyl (C=O) groups is 2. The van der Waals surface area contributed by atoms with Crippen LogP contribution in [0.4, 0.5) is 16.2 Å². The molecule has 0 atom stereocenters. The maximum Gasteiger partial charge on any atom is 0.318 e. The fraction of sp³-hybridized carbons (Fsp3) is 0.0556. The Labute approximate surface area is 144 Å². The zero-order valence-electron chi connectivity index (χ0n) is 13.6. The molecule has 0 aliphatic heterocycles. The van der Waals surface area contributed by atoms with Crippen molar-refractivity contribution in [1.29, 1.82) is 0 Å². The van der Waals surface area contributed by atoms with Gasteiger partial charge in [-0.25, -0.2) is 9.78 Å². The molecule has 0 radical (unpaired) electrons. The largest absolute Gasteiger partial charge is 0.341 e. The summed E-state index contributed by atoms with van der Waals surface area (Å²) in [6.07, 6.45) is 5.23. The van der Waals surface area contributed by atoms with Crippen LogP contribution >= 0.6 is 0 Å². The predicted octanol–water partition coefficient (Wildman–Crippen LogP) is 2.88. The highest BCUT2D eigenvalue weighted by Gasteiger charge is 2.07. The number of carbonyl (C=O) groups excluding carboxylic acids is 2. The second-order valence-corrected chi connectivity index (χ2v) is 5.25. The third-order valence-corrected chi connectivity index (χ3v) is 3.56. The molecule has 0 bridgehead atoms. The Morgan fingerprint density at radius 2 is 1.56 bits per heavy atom. The lowest BCUT2D eigenvalue weighted by Gasteiger charge is -2.08. The maximum absolute atomic E-state index is 12.3. The summed E-state index contributed by atoms with van der Waals surface area (Å²) in [7, 11) is 1.54. The molecule has 3 amide bonds. The van der Waals surface area contributed by atoms with Crippen molar-refractivity contribution in [3.63, 3.8) is 0 Å². The van der Waals surface area contributed by atoms with Crippen LogP contribution in [0.2, 0.25) is 0 Å². The molecule has 7 heteroatoms. The van der Waals surface area contributed by atoms with Crippen molar-refractivity contribution in [2.45, 2.75) is 0 Å². The Morgan fingerprint density at radius 1 is 0.920 bits per heavy atom. The smallest absolute Gasteiger partial charge is 0.318 e. The lowest BCUT2D eigenvalue weighted by molar-refractivity contribution is 0.102. The Morgan fingerprint density at radius 3 is 2.12 bits per heavy atom. The first-order valence-electron chi connectivity index (χ1n) is 7.64. The number of nitrogens with zero attached hydrogens (tertiary/aromatic N) is 2. The number of hydrogen-bond acceptors (Lipinski definition) is 3. The van der Waals surface area contributed by atoms with E-state index in [-0.39, 0.29) is 11.9 Å². The van der Waals surface area contributed by atoms with Crippen molar-refractivity contribution in [2.24, 2.45) is 0 Å². The van der Waals surface area contributed by atoms with Crippen molar-refractivity contribution < 1.29 is 9.59 Å². The highest BCUT2D eigenvalue weighted by atomic mass is 16.2. The average Bonchev–Trinajstić information content (AvgIpc) is 3.18.